The number of methoxy groups -OCH3 is 1. The van der Waals surface area contributed by atoms with Gasteiger partial charge >= 0.3 is 0 Å². The molecule has 0 spiro atoms. The third-order valence-electron chi connectivity index (χ3n) is 5.83. The Kier molecular flexibility index (Phi) is 5.79. The SMILES string of the molecule is COC1C[C@H](O)[C@@H](C(O)C(c2ccccc2)(c2ccccc2)c2ccccc2)O1. The smallest absolute Gasteiger partial charge is 0.160 e. The Morgan fingerprint density at radius 1 is 0.828 bits per heavy atom. The minimum atomic E-state index is -1.04. The van der Waals surface area contributed by atoms with Crippen LogP contribution in [0.2, 0.25) is 0 Å². The second kappa shape index (κ2) is 8.47. The summed E-state index contributed by atoms with van der Waals surface area (Å²) < 4.78 is 11.2. The topological polar surface area (TPSA) is 58.9 Å². The van der Waals surface area contributed by atoms with Crippen LogP contribution in [-0.2, 0) is 14.9 Å². The van der Waals surface area contributed by atoms with Gasteiger partial charge in [-0.05, 0) is 16.7 Å². The molecule has 150 valence electrons. The molecule has 1 fully saturated rings. The van der Waals surface area contributed by atoms with E-state index in [-0.39, 0.29) is 0 Å². The van der Waals surface area contributed by atoms with Crippen LogP contribution in [0.15, 0.2) is 91.0 Å². The van der Waals surface area contributed by atoms with Gasteiger partial charge in [-0.15, -0.1) is 0 Å². The molecule has 3 aromatic carbocycles. The molecule has 0 aromatic heterocycles. The molecular weight excluding hydrogens is 364 g/mol. The van der Waals surface area contributed by atoms with E-state index < -0.39 is 30.0 Å². The lowest BCUT2D eigenvalue weighted by Crippen LogP contribution is -2.51. The van der Waals surface area contributed by atoms with Crippen LogP contribution in [0.1, 0.15) is 23.1 Å². The monoisotopic (exact) mass is 390 g/mol. The Labute approximate surface area is 171 Å². The molecule has 4 heteroatoms. The predicted octanol–water partition coefficient (Wildman–Crippen LogP) is 3.50. The molecule has 3 aromatic rings. The van der Waals surface area contributed by atoms with Crippen molar-refractivity contribution in [2.75, 3.05) is 7.11 Å². The number of hydrogen-bond donors (Lipinski definition) is 2. The number of aliphatic hydroxyl groups excluding tert-OH is 2. The van der Waals surface area contributed by atoms with Gasteiger partial charge in [-0.25, -0.2) is 0 Å². The lowest BCUT2D eigenvalue weighted by Gasteiger charge is -2.42. The second-order valence-electron chi connectivity index (χ2n) is 7.42. The first kappa shape index (κ1) is 19.8. The fraction of sp³-hybridized carbons (Fsp3) is 0.280. The molecule has 0 saturated carbocycles. The number of hydrogen-bond acceptors (Lipinski definition) is 4. The summed E-state index contributed by atoms with van der Waals surface area (Å²) in [6.07, 6.45) is -2.87. The zero-order valence-corrected chi connectivity index (χ0v) is 16.4. The van der Waals surface area contributed by atoms with Gasteiger partial charge in [0.15, 0.2) is 6.29 Å². The molecular formula is C25H26O4. The number of aliphatic hydroxyl groups is 2. The van der Waals surface area contributed by atoms with Crippen LogP contribution in [0, 0.1) is 0 Å². The Hall–Kier alpha value is -2.50. The summed E-state index contributed by atoms with van der Waals surface area (Å²) in [5.41, 5.74) is 1.88. The van der Waals surface area contributed by atoms with Gasteiger partial charge in [0.25, 0.3) is 0 Å². The van der Waals surface area contributed by atoms with Crippen molar-refractivity contribution in [2.24, 2.45) is 0 Å². The lowest BCUT2D eigenvalue weighted by atomic mass is 9.64. The van der Waals surface area contributed by atoms with Crippen LogP contribution in [0.3, 0.4) is 0 Å². The number of rotatable bonds is 6. The van der Waals surface area contributed by atoms with E-state index in [9.17, 15) is 10.2 Å². The first-order chi connectivity index (χ1) is 14.2. The maximum absolute atomic E-state index is 11.9. The molecule has 2 N–H and O–H groups in total. The van der Waals surface area contributed by atoms with Crippen LogP contribution < -0.4 is 0 Å². The Balaban J connectivity index is 1.96. The Morgan fingerprint density at radius 2 is 1.24 bits per heavy atom. The fourth-order valence-electron chi connectivity index (χ4n) is 4.45. The Morgan fingerprint density at radius 3 is 1.59 bits per heavy atom. The van der Waals surface area contributed by atoms with Crippen LogP contribution in [-0.4, -0.2) is 41.9 Å². The molecule has 4 nitrogen and oxygen atoms in total. The van der Waals surface area contributed by atoms with E-state index in [1.165, 1.54) is 0 Å². The fourth-order valence-corrected chi connectivity index (χ4v) is 4.45. The summed E-state index contributed by atoms with van der Waals surface area (Å²) in [6.45, 7) is 0. The quantitative estimate of drug-likeness (QED) is 0.633. The maximum atomic E-state index is 11.9. The van der Waals surface area contributed by atoms with Crippen molar-refractivity contribution < 1.29 is 19.7 Å². The second-order valence-corrected chi connectivity index (χ2v) is 7.42. The van der Waals surface area contributed by atoms with Crippen molar-refractivity contribution in [1.82, 2.24) is 0 Å². The summed E-state index contributed by atoms with van der Waals surface area (Å²) in [5.74, 6) is 0. The van der Waals surface area contributed by atoms with Crippen LogP contribution in [0.5, 0.6) is 0 Å². The van der Waals surface area contributed by atoms with Crippen molar-refractivity contribution in [2.45, 2.75) is 36.4 Å². The van der Waals surface area contributed by atoms with Gasteiger partial charge in [-0.2, -0.15) is 0 Å². The van der Waals surface area contributed by atoms with Crippen LogP contribution >= 0.6 is 0 Å². The maximum Gasteiger partial charge on any atom is 0.160 e. The van der Waals surface area contributed by atoms with Crippen molar-refractivity contribution >= 4 is 0 Å². The van der Waals surface area contributed by atoms with Gasteiger partial charge in [0.1, 0.15) is 12.2 Å². The summed E-state index contributed by atoms with van der Waals surface area (Å²) >= 11 is 0. The van der Waals surface area contributed by atoms with E-state index in [2.05, 4.69) is 0 Å². The summed E-state index contributed by atoms with van der Waals surface area (Å²) in [6, 6.07) is 29.7. The van der Waals surface area contributed by atoms with Crippen LogP contribution in [0.25, 0.3) is 0 Å². The molecule has 1 heterocycles. The molecule has 29 heavy (non-hydrogen) atoms. The molecule has 4 atom stereocenters. The average Bonchev–Trinajstić information content (AvgIpc) is 3.17. The molecule has 4 rings (SSSR count). The average molecular weight is 390 g/mol. The summed E-state index contributed by atoms with van der Waals surface area (Å²) in [4.78, 5) is 0. The standard InChI is InChI=1S/C25H26O4/c1-28-22-17-21(26)23(29-22)24(27)25(18-11-5-2-6-12-18,19-13-7-3-8-14-19)20-15-9-4-10-16-20/h2-16,21-24,26-27H,17H2,1H3/t21-,22?,23-,24?/m0/s1. The van der Waals surface area contributed by atoms with E-state index in [1.807, 2.05) is 91.0 Å². The number of ether oxygens (including phenoxy) is 2. The predicted molar refractivity (Wildman–Crippen MR) is 112 cm³/mol. The molecule has 2 unspecified atom stereocenters. The first-order valence-electron chi connectivity index (χ1n) is 9.89. The molecule has 1 aliphatic rings. The molecule has 0 radical (unpaired) electrons. The highest BCUT2D eigenvalue weighted by atomic mass is 16.7. The van der Waals surface area contributed by atoms with Crippen molar-refractivity contribution in [3.8, 4) is 0 Å². The van der Waals surface area contributed by atoms with E-state index in [1.54, 1.807) is 7.11 Å². The van der Waals surface area contributed by atoms with Gasteiger partial charge in [-0.1, -0.05) is 91.0 Å². The van der Waals surface area contributed by atoms with E-state index in [0.717, 1.165) is 16.7 Å². The molecule has 1 aliphatic heterocycles. The lowest BCUT2D eigenvalue weighted by molar-refractivity contribution is -0.152. The highest BCUT2D eigenvalue weighted by molar-refractivity contribution is 5.52. The zero-order chi connectivity index (χ0) is 20.3. The van der Waals surface area contributed by atoms with Crippen molar-refractivity contribution in [1.29, 1.82) is 0 Å². The molecule has 0 bridgehead atoms. The third kappa shape index (κ3) is 3.49. The third-order valence-corrected chi connectivity index (χ3v) is 5.83. The summed E-state index contributed by atoms with van der Waals surface area (Å²) in [5, 5.41) is 22.6. The van der Waals surface area contributed by atoms with Gasteiger partial charge in [0.05, 0.1) is 11.5 Å². The van der Waals surface area contributed by atoms with Gasteiger partial charge in [-0.3, -0.25) is 0 Å². The molecule has 1 saturated heterocycles. The normalized spacial score (nSPS) is 23.1. The van der Waals surface area contributed by atoms with E-state index in [4.69, 9.17) is 9.47 Å². The minimum Gasteiger partial charge on any atom is -0.390 e. The first-order valence-corrected chi connectivity index (χ1v) is 9.89. The largest absolute Gasteiger partial charge is 0.390 e. The highest BCUT2D eigenvalue weighted by Gasteiger charge is 2.51. The minimum absolute atomic E-state index is 0.326. The van der Waals surface area contributed by atoms with E-state index in [0.29, 0.717) is 6.42 Å². The van der Waals surface area contributed by atoms with E-state index >= 15 is 0 Å². The summed E-state index contributed by atoms with van der Waals surface area (Å²) in [7, 11) is 1.55. The van der Waals surface area contributed by atoms with Crippen molar-refractivity contribution in [3.63, 3.8) is 0 Å². The van der Waals surface area contributed by atoms with Crippen molar-refractivity contribution in [3.05, 3.63) is 108 Å². The van der Waals surface area contributed by atoms with Gasteiger partial charge in [0.2, 0.25) is 0 Å². The molecule has 0 amide bonds. The zero-order valence-electron chi connectivity index (χ0n) is 16.4. The van der Waals surface area contributed by atoms with Gasteiger partial charge in [0, 0.05) is 13.5 Å². The van der Waals surface area contributed by atoms with Gasteiger partial charge < -0.3 is 19.7 Å². The number of benzene rings is 3. The highest BCUT2D eigenvalue weighted by Crippen LogP contribution is 2.45. The van der Waals surface area contributed by atoms with Crippen LogP contribution in [0.4, 0.5) is 0 Å². The molecule has 0 aliphatic carbocycles. The Bertz CT molecular complexity index is 801.